The zero-order valence-corrected chi connectivity index (χ0v) is 23.1. The number of ether oxygens (including phenoxy) is 2. The van der Waals surface area contributed by atoms with E-state index in [-0.39, 0.29) is 12.0 Å². The van der Waals surface area contributed by atoms with E-state index >= 15 is 0 Å². The molecule has 7 rings (SSSR count). The fourth-order valence-electron chi connectivity index (χ4n) is 6.24. The second-order valence-corrected chi connectivity index (χ2v) is 11.4. The number of rotatable bonds is 7. The van der Waals surface area contributed by atoms with Crippen LogP contribution >= 0.6 is 0 Å². The molecule has 222 valence electrons. The largest absolute Gasteiger partial charge is 0.474 e. The Hall–Kier alpha value is -3.55. The van der Waals surface area contributed by atoms with Crippen LogP contribution in [0.3, 0.4) is 0 Å². The third-order valence-corrected chi connectivity index (χ3v) is 8.63. The summed E-state index contributed by atoms with van der Waals surface area (Å²) >= 11 is 0. The maximum Gasteiger partial charge on any atom is 0.433 e. The highest BCUT2D eigenvalue weighted by atomic mass is 19.4. The van der Waals surface area contributed by atoms with Crippen LogP contribution < -0.4 is 4.74 Å². The van der Waals surface area contributed by atoms with Crippen molar-refractivity contribution in [2.24, 2.45) is 0 Å². The number of aromatic amines is 1. The van der Waals surface area contributed by atoms with Crippen molar-refractivity contribution in [2.45, 2.75) is 56.6 Å². The Morgan fingerprint density at radius 1 is 1.02 bits per heavy atom. The van der Waals surface area contributed by atoms with Crippen molar-refractivity contribution in [1.82, 2.24) is 39.5 Å². The molecule has 1 saturated carbocycles. The van der Waals surface area contributed by atoms with Crippen LogP contribution in [0.4, 0.5) is 13.2 Å². The number of aromatic nitrogens is 6. The first-order valence-corrected chi connectivity index (χ1v) is 14.5. The van der Waals surface area contributed by atoms with Crippen LogP contribution in [0, 0.1) is 0 Å². The molecule has 0 radical (unpaired) electrons. The summed E-state index contributed by atoms with van der Waals surface area (Å²) in [6.45, 7) is 4.67. The molecule has 0 spiro atoms. The number of pyridine rings is 1. The van der Waals surface area contributed by atoms with Gasteiger partial charge in [0.25, 0.3) is 0 Å². The standard InChI is InChI=1S/C29H33F3N8O2/c30-29(31,32)25-11-19(16-38-7-9-41-10-8-38)12-26(37-25)42-23-2-5-39(6-3-23)21-13-22(14-21)40-17-20(15-36-40)27-24-1-4-33-28(24)35-18-34-27/h1,4,11-12,15,17-18,21-23H,2-3,5-10,13-14,16H2,(H,33,34,35). The Labute approximate surface area is 240 Å². The first kappa shape index (κ1) is 27.3. The van der Waals surface area contributed by atoms with Gasteiger partial charge in [-0.15, -0.1) is 0 Å². The van der Waals surface area contributed by atoms with Crippen LogP contribution in [0.1, 0.15) is 43.0 Å². The summed E-state index contributed by atoms with van der Waals surface area (Å²) in [6.07, 6.45) is 6.19. The van der Waals surface area contributed by atoms with Crippen LogP contribution in [0.25, 0.3) is 22.3 Å². The number of alkyl halides is 3. The number of hydrogen-bond acceptors (Lipinski definition) is 8. The van der Waals surface area contributed by atoms with Gasteiger partial charge in [0.1, 0.15) is 23.8 Å². The summed E-state index contributed by atoms with van der Waals surface area (Å²) in [6, 6.07) is 5.57. The molecule has 13 heteroatoms. The summed E-state index contributed by atoms with van der Waals surface area (Å²) < 4.78 is 54.3. The van der Waals surface area contributed by atoms with Crippen molar-refractivity contribution in [3.05, 3.63) is 54.4 Å². The van der Waals surface area contributed by atoms with Gasteiger partial charge in [-0.3, -0.25) is 14.5 Å². The number of nitrogens with one attached hydrogen (secondary N) is 1. The van der Waals surface area contributed by atoms with Crippen LogP contribution in [-0.2, 0) is 17.5 Å². The van der Waals surface area contributed by atoms with Gasteiger partial charge in [-0.05, 0) is 43.4 Å². The van der Waals surface area contributed by atoms with Crippen LogP contribution in [-0.4, -0.2) is 91.1 Å². The van der Waals surface area contributed by atoms with Gasteiger partial charge in [-0.25, -0.2) is 15.0 Å². The van der Waals surface area contributed by atoms with Gasteiger partial charge in [0.05, 0.1) is 31.1 Å². The van der Waals surface area contributed by atoms with Crippen molar-refractivity contribution >= 4 is 11.0 Å². The zero-order chi connectivity index (χ0) is 28.7. The molecule has 0 bridgehead atoms. The van der Waals surface area contributed by atoms with Gasteiger partial charge in [0, 0.05) is 68.2 Å². The molecule has 42 heavy (non-hydrogen) atoms. The van der Waals surface area contributed by atoms with Crippen molar-refractivity contribution in [3.8, 4) is 17.1 Å². The molecule has 2 saturated heterocycles. The van der Waals surface area contributed by atoms with E-state index in [0.29, 0.717) is 50.5 Å². The Bertz CT molecular complexity index is 1520. The van der Waals surface area contributed by atoms with E-state index in [2.05, 4.69) is 41.0 Å². The predicted molar refractivity (Wildman–Crippen MR) is 148 cm³/mol. The van der Waals surface area contributed by atoms with E-state index in [0.717, 1.165) is 67.1 Å². The third kappa shape index (κ3) is 5.72. The normalized spacial score (nSPS) is 22.8. The lowest BCUT2D eigenvalue weighted by Crippen LogP contribution is -2.50. The van der Waals surface area contributed by atoms with Crippen LogP contribution in [0.2, 0.25) is 0 Å². The molecule has 0 amide bonds. The maximum atomic E-state index is 13.6. The minimum absolute atomic E-state index is 0.0605. The molecule has 10 nitrogen and oxygen atoms in total. The molecular formula is C29H33F3N8O2. The minimum Gasteiger partial charge on any atom is -0.474 e. The zero-order valence-electron chi connectivity index (χ0n) is 23.1. The Balaban J connectivity index is 0.933. The number of morpholine rings is 1. The summed E-state index contributed by atoms with van der Waals surface area (Å²) in [5.74, 6) is 0.0605. The number of likely N-dealkylation sites (tertiary alicyclic amines) is 1. The topological polar surface area (TPSA) is 97.2 Å². The molecule has 4 aromatic heterocycles. The van der Waals surface area contributed by atoms with Gasteiger partial charge in [0.2, 0.25) is 5.88 Å². The molecule has 0 aromatic carbocycles. The lowest BCUT2D eigenvalue weighted by atomic mass is 9.84. The third-order valence-electron chi connectivity index (χ3n) is 8.63. The average Bonchev–Trinajstić information content (AvgIpc) is 3.63. The SMILES string of the molecule is FC(F)(F)c1cc(CN2CCOCC2)cc(OC2CCN(C3CC(n4cc(-c5ncnc6[nH]ccc56)cn4)C3)CC2)n1. The molecular weight excluding hydrogens is 549 g/mol. The number of H-pyrrole nitrogens is 1. The second kappa shape index (κ2) is 11.3. The van der Waals surface area contributed by atoms with E-state index < -0.39 is 11.9 Å². The van der Waals surface area contributed by atoms with Gasteiger partial charge in [0.15, 0.2) is 0 Å². The smallest absolute Gasteiger partial charge is 0.433 e. The Kier molecular flexibility index (Phi) is 7.32. The van der Waals surface area contributed by atoms with Crippen molar-refractivity contribution in [2.75, 3.05) is 39.4 Å². The Morgan fingerprint density at radius 2 is 1.83 bits per heavy atom. The molecule has 2 aliphatic heterocycles. The summed E-state index contributed by atoms with van der Waals surface area (Å²) in [7, 11) is 0. The molecule has 6 heterocycles. The fraction of sp³-hybridized carbons (Fsp3) is 0.517. The summed E-state index contributed by atoms with van der Waals surface area (Å²) in [5.41, 5.74) is 2.31. The quantitative estimate of drug-likeness (QED) is 0.344. The van der Waals surface area contributed by atoms with E-state index in [9.17, 15) is 13.2 Å². The monoisotopic (exact) mass is 582 g/mol. The van der Waals surface area contributed by atoms with Gasteiger partial charge in [-0.1, -0.05) is 0 Å². The average molecular weight is 583 g/mol. The van der Waals surface area contributed by atoms with E-state index in [1.807, 2.05) is 23.1 Å². The van der Waals surface area contributed by atoms with Gasteiger partial charge in [-0.2, -0.15) is 18.3 Å². The predicted octanol–water partition coefficient (Wildman–Crippen LogP) is 4.31. The van der Waals surface area contributed by atoms with Crippen LogP contribution in [0.5, 0.6) is 5.88 Å². The van der Waals surface area contributed by atoms with Crippen molar-refractivity contribution < 1.29 is 22.6 Å². The maximum absolute atomic E-state index is 13.6. The lowest BCUT2D eigenvalue weighted by molar-refractivity contribution is -0.141. The molecule has 1 N–H and O–H groups in total. The number of piperidine rings is 1. The highest BCUT2D eigenvalue weighted by Gasteiger charge is 2.38. The molecule has 1 aliphatic carbocycles. The molecule has 4 aromatic rings. The first-order chi connectivity index (χ1) is 20.4. The summed E-state index contributed by atoms with van der Waals surface area (Å²) in [4.78, 5) is 20.2. The fourth-order valence-corrected chi connectivity index (χ4v) is 6.24. The van der Waals surface area contributed by atoms with Crippen molar-refractivity contribution in [1.29, 1.82) is 0 Å². The molecule has 0 atom stereocenters. The van der Waals surface area contributed by atoms with Crippen molar-refractivity contribution in [3.63, 3.8) is 0 Å². The first-order valence-electron chi connectivity index (χ1n) is 14.5. The number of halogens is 3. The second-order valence-electron chi connectivity index (χ2n) is 11.4. The van der Waals surface area contributed by atoms with Gasteiger partial charge < -0.3 is 14.5 Å². The lowest BCUT2D eigenvalue weighted by Gasteiger charge is -2.45. The summed E-state index contributed by atoms with van der Waals surface area (Å²) in [5, 5.41) is 5.60. The highest BCUT2D eigenvalue weighted by molar-refractivity contribution is 5.89. The molecule has 3 fully saturated rings. The number of fused-ring (bicyclic) bond motifs is 1. The molecule has 0 unspecified atom stereocenters. The van der Waals surface area contributed by atoms with E-state index in [1.54, 1.807) is 12.4 Å². The van der Waals surface area contributed by atoms with E-state index in [1.165, 1.54) is 0 Å². The van der Waals surface area contributed by atoms with Crippen LogP contribution in [0.15, 0.2) is 43.1 Å². The van der Waals surface area contributed by atoms with E-state index in [4.69, 9.17) is 9.47 Å². The van der Waals surface area contributed by atoms with Gasteiger partial charge >= 0.3 is 6.18 Å². The minimum atomic E-state index is -4.53. The number of hydrogen-bond donors (Lipinski definition) is 1. The Morgan fingerprint density at radius 3 is 2.62 bits per heavy atom. The highest BCUT2D eigenvalue weighted by Crippen LogP contribution is 2.38. The molecule has 3 aliphatic rings. The number of nitrogens with zero attached hydrogens (tertiary/aromatic N) is 7.